The number of hydrogen-bond acceptors (Lipinski definition) is 3. The molecule has 7 heavy (non-hydrogen) atoms. The van der Waals surface area contributed by atoms with Crippen molar-refractivity contribution in [2.24, 2.45) is 0 Å². The second-order valence-electron chi connectivity index (χ2n) is 1.05. The van der Waals surface area contributed by atoms with Crippen molar-refractivity contribution < 1.29 is 9.78 Å². The van der Waals surface area contributed by atoms with Gasteiger partial charge in [0.25, 0.3) is 0 Å². The van der Waals surface area contributed by atoms with E-state index in [2.05, 4.69) is 9.78 Å². The lowest BCUT2D eigenvalue weighted by atomic mass is 10.5. The van der Waals surface area contributed by atoms with E-state index in [1.165, 1.54) is 0 Å². The first kappa shape index (κ1) is 4.16. The molecule has 0 aliphatic carbocycles. The standard InChI is InChI=1S/C4H3NO2/c5-3-4-1-2-6-7-4/h1H,2H2. The average Bonchev–Trinajstić information content (AvgIpc) is 2.14. The monoisotopic (exact) mass is 97.0 g/mol. The van der Waals surface area contributed by atoms with Gasteiger partial charge in [0.1, 0.15) is 12.7 Å². The maximum Gasteiger partial charge on any atom is 0.240 e. The summed E-state index contributed by atoms with van der Waals surface area (Å²) in [6, 6.07) is 1.78. The molecule has 0 fully saturated rings. The summed E-state index contributed by atoms with van der Waals surface area (Å²) >= 11 is 0. The molecule has 1 aliphatic heterocycles. The fourth-order valence-corrected chi connectivity index (χ4v) is 0.306. The Balaban J connectivity index is 2.57. The number of nitriles is 1. The Morgan fingerprint density at radius 2 is 2.71 bits per heavy atom. The number of allylic oxidation sites excluding steroid dienone is 1. The third kappa shape index (κ3) is 0.699. The van der Waals surface area contributed by atoms with Gasteiger partial charge >= 0.3 is 0 Å². The molecule has 0 saturated heterocycles. The molecule has 0 saturated carbocycles. The molecule has 0 N–H and O–H groups in total. The van der Waals surface area contributed by atoms with Crippen LogP contribution < -0.4 is 0 Å². The lowest BCUT2D eigenvalue weighted by Crippen LogP contribution is -1.77. The molecule has 1 rings (SSSR count). The van der Waals surface area contributed by atoms with Crippen LogP contribution in [0.5, 0.6) is 0 Å². The third-order valence-corrected chi connectivity index (χ3v) is 0.596. The zero-order chi connectivity index (χ0) is 5.11. The van der Waals surface area contributed by atoms with Gasteiger partial charge in [-0.3, -0.25) is 0 Å². The Kier molecular flexibility index (Phi) is 0.966. The van der Waals surface area contributed by atoms with Crippen LogP contribution in [0.1, 0.15) is 0 Å². The van der Waals surface area contributed by atoms with Crippen molar-refractivity contribution in [3.63, 3.8) is 0 Å². The molecule has 0 radical (unpaired) electrons. The van der Waals surface area contributed by atoms with E-state index in [1.807, 2.05) is 0 Å². The molecule has 3 heteroatoms. The van der Waals surface area contributed by atoms with E-state index in [-0.39, 0.29) is 5.76 Å². The van der Waals surface area contributed by atoms with Gasteiger partial charge < -0.3 is 4.89 Å². The van der Waals surface area contributed by atoms with Gasteiger partial charge in [-0.25, -0.2) is 0 Å². The maximum absolute atomic E-state index is 8.04. The van der Waals surface area contributed by atoms with Gasteiger partial charge in [0.15, 0.2) is 0 Å². The highest BCUT2D eigenvalue weighted by molar-refractivity contribution is 5.13. The molecule has 36 valence electrons. The van der Waals surface area contributed by atoms with E-state index in [9.17, 15) is 0 Å². The van der Waals surface area contributed by atoms with E-state index < -0.39 is 0 Å². The highest BCUT2D eigenvalue weighted by Crippen LogP contribution is 2.02. The fourth-order valence-electron chi connectivity index (χ4n) is 0.306. The summed E-state index contributed by atoms with van der Waals surface area (Å²) in [5.74, 6) is 0.250. The molecule has 1 heterocycles. The molecule has 0 spiro atoms. The smallest absolute Gasteiger partial charge is 0.240 e. The second kappa shape index (κ2) is 1.63. The largest absolute Gasteiger partial charge is 0.326 e. The topological polar surface area (TPSA) is 42.2 Å². The first-order chi connectivity index (χ1) is 3.43. The summed E-state index contributed by atoms with van der Waals surface area (Å²) < 4.78 is 0. The highest BCUT2D eigenvalue weighted by atomic mass is 17.2. The molecule has 0 atom stereocenters. The summed E-state index contributed by atoms with van der Waals surface area (Å²) in [4.78, 5) is 8.63. The molecule has 0 aromatic heterocycles. The van der Waals surface area contributed by atoms with Gasteiger partial charge in [0, 0.05) is 6.08 Å². The Morgan fingerprint density at radius 1 is 1.86 bits per heavy atom. The van der Waals surface area contributed by atoms with E-state index in [1.54, 1.807) is 12.1 Å². The SMILES string of the molecule is N#CC1=CCOO1. The van der Waals surface area contributed by atoms with Crippen LogP contribution in [0.4, 0.5) is 0 Å². The van der Waals surface area contributed by atoms with Gasteiger partial charge in [-0.15, -0.1) is 0 Å². The molecule has 0 unspecified atom stereocenters. The van der Waals surface area contributed by atoms with Crippen LogP contribution in [0.2, 0.25) is 0 Å². The zero-order valence-corrected chi connectivity index (χ0v) is 3.55. The number of rotatable bonds is 0. The quantitative estimate of drug-likeness (QED) is 0.410. The van der Waals surface area contributed by atoms with Crippen molar-refractivity contribution in [1.29, 1.82) is 5.26 Å². The molecule has 0 amide bonds. The van der Waals surface area contributed by atoms with E-state index >= 15 is 0 Å². The summed E-state index contributed by atoms with van der Waals surface area (Å²) in [5, 5.41) is 8.04. The Hall–Kier alpha value is -1.01. The first-order valence-electron chi connectivity index (χ1n) is 1.83. The highest BCUT2D eigenvalue weighted by Gasteiger charge is 2.02. The number of nitrogens with zero attached hydrogens (tertiary/aromatic N) is 1. The molecule has 3 nitrogen and oxygen atoms in total. The van der Waals surface area contributed by atoms with Crippen molar-refractivity contribution in [3.8, 4) is 6.07 Å². The van der Waals surface area contributed by atoms with Gasteiger partial charge in [-0.05, 0) is 0 Å². The normalized spacial score (nSPS) is 17.3. The zero-order valence-electron chi connectivity index (χ0n) is 3.55. The van der Waals surface area contributed by atoms with Gasteiger partial charge in [-0.1, -0.05) is 0 Å². The Morgan fingerprint density at radius 3 is 3.00 bits per heavy atom. The first-order valence-corrected chi connectivity index (χ1v) is 1.83. The van der Waals surface area contributed by atoms with Crippen LogP contribution in [0.25, 0.3) is 0 Å². The van der Waals surface area contributed by atoms with Crippen molar-refractivity contribution in [1.82, 2.24) is 0 Å². The van der Waals surface area contributed by atoms with E-state index in [0.717, 1.165) is 0 Å². The molecule has 0 aromatic rings. The summed E-state index contributed by atoms with van der Waals surface area (Å²) in [6.45, 7) is 0.392. The van der Waals surface area contributed by atoms with Gasteiger partial charge in [-0.2, -0.15) is 10.1 Å². The minimum Gasteiger partial charge on any atom is -0.326 e. The van der Waals surface area contributed by atoms with Crippen molar-refractivity contribution in [2.45, 2.75) is 0 Å². The van der Waals surface area contributed by atoms with Gasteiger partial charge in [0.2, 0.25) is 5.76 Å². The fraction of sp³-hybridized carbons (Fsp3) is 0.250. The van der Waals surface area contributed by atoms with Crippen LogP contribution in [0.15, 0.2) is 11.8 Å². The Labute approximate surface area is 40.7 Å². The molecule has 0 bridgehead atoms. The maximum atomic E-state index is 8.04. The predicted octanol–water partition coefficient (Wildman–Crippen LogP) is 0.356. The molecular formula is C4H3NO2. The Bertz CT molecular complexity index is 133. The lowest BCUT2D eigenvalue weighted by molar-refractivity contribution is -0.229. The minimum atomic E-state index is 0.250. The lowest BCUT2D eigenvalue weighted by Gasteiger charge is -1.85. The second-order valence-corrected chi connectivity index (χ2v) is 1.05. The summed E-state index contributed by atoms with van der Waals surface area (Å²) in [5.41, 5.74) is 0. The average molecular weight is 97.1 g/mol. The van der Waals surface area contributed by atoms with Crippen LogP contribution in [0.3, 0.4) is 0 Å². The third-order valence-electron chi connectivity index (χ3n) is 0.596. The molecule has 0 aromatic carbocycles. The van der Waals surface area contributed by atoms with Crippen LogP contribution >= 0.6 is 0 Å². The summed E-state index contributed by atoms with van der Waals surface area (Å²) in [6.07, 6.45) is 1.57. The van der Waals surface area contributed by atoms with Gasteiger partial charge in [0.05, 0.1) is 0 Å². The van der Waals surface area contributed by atoms with E-state index in [0.29, 0.717) is 6.61 Å². The van der Waals surface area contributed by atoms with Crippen molar-refractivity contribution in [3.05, 3.63) is 11.8 Å². The minimum absolute atomic E-state index is 0.250. The van der Waals surface area contributed by atoms with Crippen molar-refractivity contribution >= 4 is 0 Å². The summed E-state index contributed by atoms with van der Waals surface area (Å²) in [7, 11) is 0. The number of hydrogen-bond donors (Lipinski definition) is 0. The molecular weight excluding hydrogens is 94.0 g/mol. The molecule has 1 aliphatic rings. The predicted molar refractivity (Wildman–Crippen MR) is 20.7 cm³/mol. The van der Waals surface area contributed by atoms with E-state index in [4.69, 9.17) is 5.26 Å². The van der Waals surface area contributed by atoms with Crippen LogP contribution in [0, 0.1) is 11.3 Å². The van der Waals surface area contributed by atoms with Crippen molar-refractivity contribution in [2.75, 3.05) is 6.61 Å². The van der Waals surface area contributed by atoms with Crippen LogP contribution in [-0.2, 0) is 9.78 Å². The van der Waals surface area contributed by atoms with Crippen LogP contribution in [-0.4, -0.2) is 6.61 Å².